The van der Waals surface area contributed by atoms with Gasteiger partial charge in [0.05, 0.1) is 5.57 Å². The predicted molar refractivity (Wildman–Crippen MR) is 122 cm³/mol. The monoisotopic (exact) mass is 391 g/mol. The number of hydrogen-bond acceptors (Lipinski definition) is 3. The molecule has 1 N–H and O–H groups in total. The van der Waals surface area contributed by atoms with Gasteiger partial charge in [0.1, 0.15) is 11.8 Å². The van der Waals surface area contributed by atoms with Crippen LogP contribution in [0.5, 0.6) is 5.75 Å². The summed E-state index contributed by atoms with van der Waals surface area (Å²) < 4.78 is 0. The van der Waals surface area contributed by atoms with Crippen LogP contribution in [0.2, 0.25) is 0 Å². The van der Waals surface area contributed by atoms with Crippen LogP contribution < -0.4 is 0 Å². The Labute approximate surface area is 174 Å². The first-order chi connectivity index (χ1) is 13.3. The molecule has 0 aliphatic heterocycles. The van der Waals surface area contributed by atoms with Crippen molar-refractivity contribution in [2.75, 3.05) is 0 Å². The lowest BCUT2D eigenvalue weighted by Crippen LogP contribution is -2.01. The van der Waals surface area contributed by atoms with E-state index in [1.165, 1.54) is 5.56 Å². The van der Waals surface area contributed by atoms with Crippen LogP contribution in [0.3, 0.4) is 0 Å². The number of nitriles is 1. The van der Waals surface area contributed by atoms with E-state index in [9.17, 15) is 10.4 Å². The van der Waals surface area contributed by atoms with Gasteiger partial charge in [-0.3, -0.25) is 0 Å². The maximum Gasteiger partial charge on any atom is 0.122 e. The van der Waals surface area contributed by atoms with Crippen LogP contribution in [0.4, 0.5) is 0 Å². The number of phenols is 1. The molecule has 0 amide bonds. The third-order valence-electron chi connectivity index (χ3n) is 4.88. The molecule has 0 aliphatic rings. The van der Waals surface area contributed by atoms with E-state index in [2.05, 4.69) is 45.9 Å². The SMILES string of the molecule is CC(C)c1cc(C=C(C#N)C(=S)CCCc2ccccc2)cc(C(C)C)c1O. The average molecular weight is 392 g/mol. The van der Waals surface area contributed by atoms with Crippen LogP contribution >= 0.6 is 12.2 Å². The summed E-state index contributed by atoms with van der Waals surface area (Å²) in [5.41, 5.74) is 4.56. The maximum atomic E-state index is 10.6. The predicted octanol–water partition coefficient (Wildman–Crippen LogP) is 6.94. The molecule has 0 radical (unpaired) electrons. The van der Waals surface area contributed by atoms with Gasteiger partial charge in [-0.2, -0.15) is 5.26 Å². The van der Waals surface area contributed by atoms with Crippen LogP contribution in [0.1, 0.15) is 74.6 Å². The highest BCUT2D eigenvalue weighted by Crippen LogP contribution is 2.35. The normalized spacial score (nSPS) is 11.7. The van der Waals surface area contributed by atoms with Crippen molar-refractivity contribution in [1.82, 2.24) is 0 Å². The highest BCUT2D eigenvalue weighted by molar-refractivity contribution is 7.80. The number of allylic oxidation sites excluding steroid dienone is 1. The highest BCUT2D eigenvalue weighted by atomic mass is 32.1. The largest absolute Gasteiger partial charge is 0.507 e. The van der Waals surface area contributed by atoms with Gasteiger partial charge in [0.2, 0.25) is 0 Å². The van der Waals surface area contributed by atoms with Crippen molar-refractivity contribution in [2.24, 2.45) is 0 Å². The highest BCUT2D eigenvalue weighted by Gasteiger charge is 2.15. The number of hydrogen-bond donors (Lipinski definition) is 1. The van der Waals surface area contributed by atoms with Gasteiger partial charge < -0.3 is 5.11 Å². The molecule has 0 saturated carbocycles. The first-order valence-electron chi connectivity index (χ1n) is 9.89. The number of aromatic hydroxyl groups is 1. The first-order valence-corrected chi connectivity index (χ1v) is 10.3. The minimum absolute atomic E-state index is 0.203. The van der Waals surface area contributed by atoms with Crippen LogP contribution in [0.25, 0.3) is 6.08 Å². The molecule has 2 aromatic rings. The van der Waals surface area contributed by atoms with E-state index in [0.29, 0.717) is 16.2 Å². The first kappa shape index (κ1) is 21.9. The number of phenolic OH excluding ortho intramolecular Hbond substituents is 1. The Morgan fingerprint density at radius 3 is 2.14 bits per heavy atom. The lowest BCUT2D eigenvalue weighted by molar-refractivity contribution is 0.454. The molecule has 2 rings (SSSR count). The quantitative estimate of drug-likeness (QED) is 0.301. The Morgan fingerprint density at radius 1 is 1.07 bits per heavy atom. The summed E-state index contributed by atoms with van der Waals surface area (Å²) in [6, 6.07) is 16.5. The number of rotatable bonds is 8. The Morgan fingerprint density at radius 2 is 1.64 bits per heavy atom. The fourth-order valence-corrected chi connectivity index (χ4v) is 3.49. The third-order valence-corrected chi connectivity index (χ3v) is 5.30. The summed E-state index contributed by atoms with van der Waals surface area (Å²) in [5.74, 6) is 0.773. The molecule has 0 saturated heterocycles. The summed E-state index contributed by atoms with van der Waals surface area (Å²) in [7, 11) is 0. The molecule has 0 aliphatic carbocycles. The van der Waals surface area contributed by atoms with E-state index in [1.807, 2.05) is 36.4 Å². The summed E-state index contributed by atoms with van der Waals surface area (Å²) in [5, 5.41) is 20.2. The van der Waals surface area contributed by atoms with Crippen molar-refractivity contribution < 1.29 is 5.11 Å². The molecule has 146 valence electrons. The zero-order chi connectivity index (χ0) is 20.7. The van der Waals surface area contributed by atoms with Gasteiger partial charge >= 0.3 is 0 Å². The van der Waals surface area contributed by atoms with Crippen LogP contribution in [-0.4, -0.2) is 9.97 Å². The smallest absolute Gasteiger partial charge is 0.122 e. The Balaban J connectivity index is 2.21. The standard InChI is InChI=1S/C25H29NOS/c1-17(2)22-14-20(15-23(18(3)4)25(22)27)13-21(16-26)24(28)12-8-11-19-9-6-5-7-10-19/h5-7,9-10,13-15,17-18,27H,8,11-12H2,1-4H3. The second-order valence-corrected chi connectivity index (χ2v) is 8.28. The third kappa shape index (κ3) is 5.78. The van der Waals surface area contributed by atoms with Gasteiger partial charge in [-0.05, 0) is 71.6 Å². The molecule has 0 atom stereocenters. The summed E-state index contributed by atoms with van der Waals surface area (Å²) >= 11 is 5.54. The van der Waals surface area contributed by atoms with Crippen molar-refractivity contribution in [1.29, 1.82) is 5.26 Å². The molecule has 0 unspecified atom stereocenters. The van der Waals surface area contributed by atoms with Crippen molar-refractivity contribution >= 4 is 23.2 Å². The molecule has 0 spiro atoms. The van der Waals surface area contributed by atoms with E-state index in [1.54, 1.807) is 0 Å². The van der Waals surface area contributed by atoms with Crippen molar-refractivity contribution in [3.05, 3.63) is 70.3 Å². The number of nitrogens with zero attached hydrogens (tertiary/aromatic N) is 1. The molecular formula is C25H29NOS. The van der Waals surface area contributed by atoms with Crippen LogP contribution in [0.15, 0.2) is 48.0 Å². The molecule has 0 bridgehead atoms. The Kier molecular flexibility index (Phi) is 7.96. The minimum Gasteiger partial charge on any atom is -0.507 e. The molecule has 0 aromatic heterocycles. The molecule has 2 aromatic carbocycles. The van der Waals surface area contributed by atoms with Gasteiger partial charge in [0.25, 0.3) is 0 Å². The second kappa shape index (κ2) is 10.2. The second-order valence-electron chi connectivity index (χ2n) is 7.79. The molecule has 0 fully saturated rings. The number of aryl methyl sites for hydroxylation is 1. The van der Waals surface area contributed by atoms with Gasteiger partial charge in [-0.15, -0.1) is 0 Å². The summed E-state index contributed by atoms with van der Waals surface area (Å²) in [6.45, 7) is 8.25. The number of benzene rings is 2. The zero-order valence-corrected chi connectivity index (χ0v) is 18.0. The average Bonchev–Trinajstić information content (AvgIpc) is 2.67. The van der Waals surface area contributed by atoms with Gasteiger partial charge in [0.15, 0.2) is 0 Å². The molecule has 2 nitrogen and oxygen atoms in total. The summed E-state index contributed by atoms with van der Waals surface area (Å²) in [4.78, 5) is 0.698. The Hall–Kier alpha value is -2.44. The van der Waals surface area contributed by atoms with E-state index in [-0.39, 0.29) is 11.8 Å². The van der Waals surface area contributed by atoms with E-state index in [4.69, 9.17) is 12.2 Å². The molecule has 3 heteroatoms. The van der Waals surface area contributed by atoms with Crippen LogP contribution in [0, 0.1) is 11.3 Å². The summed E-state index contributed by atoms with van der Waals surface area (Å²) in [6.07, 6.45) is 4.46. The van der Waals surface area contributed by atoms with E-state index in [0.717, 1.165) is 36.0 Å². The fourth-order valence-electron chi connectivity index (χ4n) is 3.24. The Bertz CT molecular complexity index is 860. The van der Waals surface area contributed by atoms with Crippen molar-refractivity contribution in [3.63, 3.8) is 0 Å². The van der Waals surface area contributed by atoms with E-state index >= 15 is 0 Å². The van der Waals surface area contributed by atoms with E-state index < -0.39 is 0 Å². The van der Waals surface area contributed by atoms with Gasteiger partial charge in [0, 0.05) is 4.86 Å². The van der Waals surface area contributed by atoms with Crippen LogP contribution in [-0.2, 0) is 6.42 Å². The van der Waals surface area contributed by atoms with Gasteiger partial charge in [-0.25, -0.2) is 0 Å². The maximum absolute atomic E-state index is 10.6. The molecule has 0 heterocycles. The lowest BCUT2D eigenvalue weighted by atomic mass is 9.90. The fraction of sp³-hybridized carbons (Fsp3) is 0.360. The molecular weight excluding hydrogens is 362 g/mol. The molecule has 28 heavy (non-hydrogen) atoms. The van der Waals surface area contributed by atoms with Crippen molar-refractivity contribution in [2.45, 2.75) is 58.8 Å². The van der Waals surface area contributed by atoms with Crippen molar-refractivity contribution in [3.8, 4) is 11.8 Å². The lowest BCUT2D eigenvalue weighted by Gasteiger charge is -2.16. The number of thiocarbonyl (C=S) groups is 1. The topological polar surface area (TPSA) is 44.0 Å². The zero-order valence-electron chi connectivity index (χ0n) is 17.2. The minimum atomic E-state index is 0.203. The van der Waals surface area contributed by atoms with Gasteiger partial charge in [-0.1, -0.05) is 70.2 Å².